The van der Waals surface area contributed by atoms with E-state index in [1.54, 1.807) is 19.4 Å². The number of hydrogen-bond donors (Lipinski definition) is 2. The number of carbonyl (C=O) groups excluding carboxylic acids is 1. The molecule has 0 spiro atoms. The Hall–Kier alpha value is -1.77. The third-order valence-electron chi connectivity index (χ3n) is 5.54. The second kappa shape index (κ2) is 7.57. The van der Waals surface area contributed by atoms with E-state index in [1.807, 2.05) is 0 Å². The lowest BCUT2D eigenvalue weighted by atomic mass is 9.81. The monoisotopic (exact) mass is 408 g/mol. The fourth-order valence-electron chi connectivity index (χ4n) is 3.79. The maximum absolute atomic E-state index is 13.7. The minimum Gasteiger partial charge on any atom is -0.488 e. The molecule has 1 amide bonds. The molecule has 2 N–H and O–H groups in total. The Labute approximate surface area is 167 Å². The van der Waals surface area contributed by atoms with Crippen molar-refractivity contribution >= 4 is 27.5 Å². The number of carbonyl (C=O) groups is 1. The van der Waals surface area contributed by atoms with E-state index >= 15 is 0 Å². The standard InChI is InChI=1S/C20H25FN2O4S/c1-20(2,25)17-4-3-13(9-26-17)23-19(24)11-5-14(6-11)27-15-7-12(21)8-16-18(15)22-10-28-16/h7-8,10-11,13-14,17,25H,3-6,9H2,1-2H3,(H,23,24)/t11-,13-,14-,17+/m0/s1. The van der Waals surface area contributed by atoms with Gasteiger partial charge in [-0.05, 0) is 45.6 Å². The summed E-state index contributed by atoms with van der Waals surface area (Å²) < 4.78 is 26.1. The number of aromatic nitrogens is 1. The van der Waals surface area contributed by atoms with Crippen molar-refractivity contribution in [3.63, 3.8) is 0 Å². The van der Waals surface area contributed by atoms with Gasteiger partial charge in [-0.15, -0.1) is 11.3 Å². The summed E-state index contributed by atoms with van der Waals surface area (Å²) >= 11 is 1.37. The minimum atomic E-state index is -0.868. The molecule has 8 heteroatoms. The van der Waals surface area contributed by atoms with Crippen LogP contribution < -0.4 is 10.1 Å². The number of aliphatic hydroxyl groups is 1. The van der Waals surface area contributed by atoms with Gasteiger partial charge >= 0.3 is 0 Å². The Morgan fingerprint density at radius 3 is 2.86 bits per heavy atom. The predicted molar refractivity (Wildman–Crippen MR) is 104 cm³/mol. The van der Waals surface area contributed by atoms with Gasteiger partial charge in [-0.25, -0.2) is 9.37 Å². The Bertz CT molecular complexity index is 851. The fraction of sp³-hybridized carbons (Fsp3) is 0.600. The lowest BCUT2D eigenvalue weighted by Crippen LogP contribution is -2.51. The molecule has 0 unspecified atom stereocenters. The zero-order valence-corrected chi connectivity index (χ0v) is 16.8. The summed E-state index contributed by atoms with van der Waals surface area (Å²) in [6.45, 7) is 3.89. The topological polar surface area (TPSA) is 80.7 Å². The van der Waals surface area contributed by atoms with Gasteiger partial charge in [-0.2, -0.15) is 0 Å². The first-order valence-corrected chi connectivity index (χ1v) is 10.5. The van der Waals surface area contributed by atoms with Gasteiger partial charge in [0.1, 0.15) is 23.2 Å². The average molecular weight is 408 g/mol. The summed E-state index contributed by atoms with van der Waals surface area (Å²) in [7, 11) is 0. The number of benzene rings is 1. The van der Waals surface area contributed by atoms with E-state index in [0.29, 0.717) is 37.1 Å². The number of thiazole rings is 1. The Morgan fingerprint density at radius 1 is 1.39 bits per heavy atom. The predicted octanol–water partition coefficient (Wildman–Crippen LogP) is 3.03. The Kier molecular flexibility index (Phi) is 5.28. The van der Waals surface area contributed by atoms with Crippen molar-refractivity contribution in [3.8, 4) is 5.75 Å². The SMILES string of the molecule is CC(C)(O)[C@H]1CC[C@H](NC(=O)[C@H]2C[C@H](Oc3cc(F)cc4scnc34)C2)CO1. The van der Waals surface area contributed by atoms with Crippen LogP contribution in [-0.2, 0) is 9.53 Å². The zero-order chi connectivity index (χ0) is 19.9. The van der Waals surface area contributed by atoms with Crippen molar-refractivity contribution < 1.29 is 23.8 Å². The molecule has 0 bridgehead atoms. The van der Waals surface area contributed by atoms with Crippen LogP contribution in [-0.4, -0.2) is 46.5 Å². The first kappa shape index (κ1) is 19.5. The third kappa shape index (κ3) is 4.14. The molecule has 1 saturated carbocycles. The first-order chi connectivity index (χ1) is 13.3. The van der Waals surface area contributed by atoms with Gasteiger partial charge in [0, 0.05) is 12.0 Å². The minimum absolute atomic E-state index is 0.00760. The van der Waals surface area contributed by atoms with Crippen LogP contribution in [0.1, 0.15) is 39.5 Å². The van der Waals surface area contributed by atoms with Crippen LogP contribution in [0.15, 0.2) is 17.6 Å². The highest BCUT2D eigenvalue weighted by atomic mass is 32.1. The third-order valence-corrected chi connectivity index (χ3v) is 6.31. The molecule has 1 aliphatic heterocycles. The Morgan fingerprint density at radius 2 is 2.18 bits per heavy atom. The molecule has 2 fully saturated rings. The van der Waals surface area contributed by atoms with E-state index in [9.17, 15) is 14.3 Å². The van der Waals surface area contributed by atoms with E-state index < -0.39 is 5.60 Å². The van der Waals surface area contributed by atoms with Gasteiger partial charge in [0.05, 0.1) is 34.6 Å². The normalized spacial score (nSPS) is 28.0. The van der Waals surface area contributed by atoms with Gasteiger partial charge in [0.2, 0.25) is 5.91 Å². The van der Waals surface area contributed by atoms with Crippen molar-refractivity contribution in [2.45, 2.75) is 63.4 Å². The van der Waals surface area contributed by atoms with Crippen molar-refractivity contribution in [1.82, 2.24) is 10.3 Å². The lowest BCUT2D eigenvalue weighted by molar-refractivity contribution is -0.137. The maximum atomic E-state index is 13.7. The summed E-state index contributed by atoms with van der Waals surface area (Å²) in [4.78, 5) is 16.7. The van der Waals surface area contributed by atoms with E-state index in [1.165, 1.54) is 23.5 Å². The fourth-order valence-corrected chi connectivity index (χ4v) is 4.51. The Balaban J connectivity index is 1.25. The number of halogens is 1. The van der Waals surface area contributed by atoms with Crippen LogP contribution in [0.2, 0.25) is 0 Å². The number of rotatable bonds is 5. The number of nitrogens with zero attached hydrogens (tertiary/aromatic N) is 1. The largest absolute Gasteiger partial charge is 0.488 e. The number of hydrogen-bond acceptors (Lipinski definition) is 6. The molecule has 2 heterocycles. The molecule has 2 aromatic rings. The van der Waals surface area contributed by atoms with Crippen LogP contribution >= 0.6 is 11.3 Å². The summed E-state index contributed by atoms with van der Waals surface area (Å²) in [6, 6.07) is 2.78. The molecular formula is C20H25FN2O4S. The molecule has 0 radical (unpaired) electrons. The van der Waals surface area contributed by atoms with Crippen molar-refractivity contribution in [1.29, 1.82) is 0 Å². The van der Waals surface area contributed by atoms with Crippen molar-refractivity contribution in [2.24, 2.45) is 5.92 Å². The van der Waals surface area contributed by atoms with E-state index in [-0.39, 0.29) is 35.9 Å². The summed E-state index contributed by atoms with van der Waals surface area (Å²) in [5, 5.41) is 13.1. The second-order valence-corrected chi connectivity index (χ2v) is 9.16. The molecule has 28 heavy (non-hydrogen) atoms. The van der Waals surface area contributed by atoms with Crippen LogP contribution in [0.25, 0.3) is 10.2 Å². The molecule has 2 atom stereocenters. The van der Waals surface area contributed by atoms with Gasteiger partial charge in [-0.3, -0.25) is 4.79 Å². The zero-order valence-electron chi connectivity index (χ0n) is 16.0. The number of ether oxygens (including phenoxy) is 2. The van der Waals surface area contributed by atoms with Crippen molar-refractivity contribution in [2.75, 3.05) is 6.61 Å². The van der Waals surface area contributed by atoms with E-state index in [4.69, 9.17) is 9.47 Å². The average Bonchev–Trinajstić information content (AvgIpc) is 3.05. The van der Waals surface area contributed by atoms with Gasteiger partial charge in [-0.1, -0.05) is 0 Å². The molecule has 1 aromatic carbocycles. The molecular weight excluding hydrogens is 383 g/mol. The van der Waals surface area contributed by atoms with Crippen molar-refractivity contribution in [3.05, 3.63) is 23.5 Å². The second-order valence-electron chi connectivity index (χ2n) is 8.27. The molecule has 152 valence electrons. The number of fused-ring (bicyclic) bond motifs is 1. The van der Waals surface area contributed by atoms with Crippen LogP contribution in [0.5, 0.6) is 5.75 Å². The van der Waals surface area contributed by atoms with Crippen LogP contribution in [0.3, 0.4) is 0 Å². The quantitative estimate of drug-likeness (QED) is 0.795. The molecule has 1 aromatic heterocycles. The maximum Gasteiger partial charge on any atom is 0.223 e. The number of amides is 1. The summed E-state index contributed by atoms with van der Waals surface area (Å²) in [5.41, 5.74) is 1.47. The van der Waals surface area contributed by atoms with Gasteiger partial charge in [0.25, 0.3) is 0 Å². The van der Waals surface area contributed by atoms with Crippen LogP contribution in [0, 0.1) is 11.7 Å². The molecule has 1 saturated heterocycles. The summed E-state index contributed by atoms with van der Waals surface area (Å²) in [6.07, 6.45) is 2.41. The van der Waals surface area contributed by atoms with Gasteiger partial charge < -0.3 is 19.9 Å². The lowest BCUT2D eigenvalue weighted by Gasteiger charge is -2.38. The smallest absolute Gasteiger partial charge is 0.223 e. The van der Waals surface area contributed by atoms with E-state index in [0.717, 1.165) is 11.1 Å². The van der Waals surface area contributed by atoms with Gasteiger partial charge in [0.15, 0.2) is 0 Å². The molecule has 1 aliphatic carbocycles. The molecule has 6 nitrogen and oxygen atoms in total. The highest BCUT2D eigenvalue weighted by molar-refractivity contribution is 7.16. The molecule has 2 aliphatic rings. The highest BCUT2D eigenvalue weighted by Gasteiger charge is 2.38. The number of nitrogens with one attached hydrogen (secondary N) is 1. The van der Waals surface area contributed by atoms with E-state index in [2.05, 4.69) is 10.3 Å². The molecule has 4 rings (SSSR count). The summed E-state index contributed by atoms with van der Waals surface area (Å²) in [5.74, 6) is 0.00479. The highest BCUT2D eigenvalue weighted by Crippen LogP contribution is 2.36. The first-order valence-electron chi connectivity index (χ1n) is 9.63. The van der Waals surface area contributed by atoms with Crippen LogP contribution in [0.4, 0.5) is 4.39 Å².